The van der Waals surface area contributed by atoms with Gasteiger partial charge in [0.15, 0.2) is 6.10 Å². The average Bonchev–Trinajstić information content (AvgIpc) is 2.74. The fourth-order valence-electron chi connectivity index (χ4n) is 2.46. The van der Waals surface area contributed by atoms with E-state index >= 15 is 0 Å². The number of nitrogens with zero attached hydrogens (tertiary/aromatic N) is 1. The van der Waals surface area contributed by atoms with Crippen molar-refractivity contribution in [3.8, 4) is 0 Å². The molecule has 1 aromatic carbocycles. The average molecular weight is 296 g/mol. The van der Waals surface area contributed by atoms with E-state index in [1.54, 1.807) is 13.2 Å². The molecule has 21 heavy (non-hydrogen) atoms. The highest BCUT2D eigenvalue weighted by Gasteiger charge is 2.31. The molecular formula is C15H21FN2O3. The molecule has 1 aliphatic heterocycles. The molecule has 116 valence electrons. The van der Waals surface area contributed by atoms with Crippen molar-refractivity contribution in [3.05, 3.63) is 23.5 Å². The summed E-state index contributed by atoms with van der Waals surface area (Å²) in [6.45, 7) is 5.07. The van der Waals surface area contributed by atoms with Crippen LogP contribution in [0, 0.1) is 5.82 Å². The van der Waals surface area contributed by atoms with Gasteiger partial charge in [-0.1, -0.05) is 6.92 Å². The lowest BCUT2D eigenvalue weighted by atomic mass is 10.1. The first kappa shape index (κ1) is 15.7. The van der Waals surface area contributed by atoms with Crippen molar-refractivity contribution in [1.82, 2.24) is 0 Å². The van der Waals surface area contributed by atoms with Crippen molar-refractivity contribution in [2.75, 3.05) is 30.5 Å². The number of nitrogens with one attached hydrogen (secondary N) is 1. The second-order valence-electron chi connectivity index (χ2n) is 5.23. The van der Waals surface area contributed by atoms with Crippen molar-refractivity contribution in [3.63, 3.8) is 0 Å². The van der Waals surface area contributed by atoms with Crippen LogP contribution in [0.5, 0.6) is 0 Å². The standard InChI is InChI=1S/C15H21FN2O3/c1-4-9(2)18(5-6-21-3)13-8-12-10(7-11(13)16)14(19)15(20)17-12/h7-9,14,19H,4-6H2,1-3H3,(H,17,20). The molecule has 2 unspecified atom stereocenters. The number of fused-ring (bicyclic) bond motifs is 1. The van der Waals surface area contributed by atoms with E-state index in [0.717, 1.165) is 6.42 Å². The monoisotopic (exact) mass is 296 g/mol. The summed E-state index contributed by atoms with van der Waals surface area (Å²) in [6, 6.07) is 2.95. The number of benzene rings is 1. The van der Waals surface area contributed by atoms with Gasteiger partial charge in [0.25, 0.3) is 5.91 Å². The van der Waals surface area contributed by atoms with Gasteiger partial charge in [0.1, 0.15) is 5.82 Å². The minimum atomic E-state index is -1.29. The predicted molar refractivity (Wildman–Crippen MR) is 79.0 cm³/mol. The molecule has 0 fully saturated rings. The number of rotatable bonds is 6. The number of anilines is 2. The van der Waals surface area contributed by atoms with Gasteiger partial charge in [0.2, 0.25) is 0 Å². The molecule has 0 aliphatic carbocycles. The van der Waals surface area contributed by atoms with Crippen molar-refractivity contribution in [1.29, 1.82) is 0 Å². The molecule has 1 amide bonds. The molecule has 6 heteroatoms. The molecule has 0 saturated heterocycles. The number of aliphatic hydroxyl groups is 1. The molecule has 0 aromatic heterocycles. The fraction of sp³-hybridized carbons (Fsp3) is 0.533. The van der Waals surface area contributed by atoms with Gasteiger partial charge >= 0.3 is 0 Å². The zero-order valence-corrected chi connectivity index (χ0v) is 12.5. The van der Waals surface area contributed by atoms with Crippen molar-refractivity contribution in [2.45, 2.75) is 32.4 Å². The van der Waals surface area contributed by atoms with Crippen LogP contribution in [0.2, 0.25) is 0 Å². The van der Waals surface area contributed by atoms with Gasteiger partial charge in [-0.15, -0.1) is 0 Å². The Hall–Kier alpha value is -1.66. The van der Waals surface area contributed by atoms with Crippen LogP contribution in [-0.4, -0.2) is 37.3 Å². The molecule has 1 aromatic rings. The van der Waals surface area contributed by atoms with Crippen LogP contribution in [0.1, 0.15) is 31.9 Å². The van der Waals surface area contributed by atoms with Crippen molar-refractivity contribution in [2.24, 2.45) is 0 Å². The molecule has 0 saturated carbocycles. The van der Waals surface area contributed by atoms with Gasteiger partial charge in [-0.3, -0.25) is 4.79 Å². The molecule has 1 heterocycles. The number of halogens is 1. The van der Waals surface area contributed by atoms with E-state index in [1.807, 2.05) is 18.7 Å². The van der Waals surface area contributed by atoms with Crippen LogP contribution in [0.3, 0.4) is 0 Å². The summed E-state index contributed by atoms with van der Waals surface area (Å²) in [4.78, 5) is 13.4. The van der Waals surface area contributed by atoms with Crippen LogP contribution < -0.4 is 10.2 Å². The minimum Gasteiger partial charge on any atom is -0.383 e. The number of hydrogen-bond donors (Lipinski definition) is 2. The Morgan fingerprint density at radius 3 is 2.86 bits per heavy atom. The third-order valence-electron chi connectivity index (χ3n) is 3.89. The number of carbonyl (C=O) groups is 1. The molecule has 2 rings (SSSR count). The molecule has 0 spiro atoms. The zero-order valence-electron chi connectivity index (χ0n) is 12.5. The fourth-order valence-corrected chi connectivity index (χ4v) is 2.46. The van der Waals surface area contributed by atoms with E-state index < -0.39 is 17.8 Å². The Morgan fingerprint density at radius 2 is 2.24 bits per heavy atom. The summed E-state index contributed by atoms with van der Waals surface area (Å²) in [5.74, 6) is -0.964. The van der Waals surface area contributed by atoms with Gasteiger partial charge < -0.3 is 20.1 Å². The largest absolute Gasteiger partial charge is 0.383 e. The Labute approximate surface area is 123 Å². The molecular weight excluding hydrogens is 275 g/mol. The van der Waals surface area contributed by atoms with E-state index in [0.29, 0.717) is 24.5 Å². The van der Waals surface area contributed by atoms with E-state index in [4.69, 9.17) is 4.74 Å². The van der Waals surface area contributed by atoms with Crippen LogP contribution in [0.4, 0.5) is 15.8 Å². The van der Waals surface area contributed by atoms with Gasteiger partial charge in [-0.2, -0.15) is 0 Å². The SMILES string of the molecule is CCC(C)N(CCOC)c1cc2c(cc1F)C(O)C(=O)N2. The van der Waals surface area contributed by atoms with Gasteiger partial charge in [-0.25, -0.2) is 4.39 Å². The zero-order chi connectivity index (χ0) is 15.6. The summed E-state index contributed by atoms with van der Waals surface area (Å²) in [5.41, 5.74) is 1.17. The van der Waals surface area contributed by atoms with Crippen LogP contribution in [0.15, 0.2) is 12.1 Å². The maximum Gasteiger partial charge on any atom is 0.257 e. The summed E-state index contributed by atoms with van der Waals surface area (Å²) < 4.78 is 19.5. The number of amides is 1. The Balaban J connectivity index is 2.38. The summed E-state index contributed by atoms with van der Waals surface area (Å²) in [7, 11) is 1.60. The van der Waals surface area contributed by atoms with E-state index in [1.165, 1.54) is 6.07 Å². The smallest absolute Gasteiger partial charge is 0.257 e. The Bertz CT molecular complexity index is 536. The second kappa shape index (κ2) is 6.41. The van der Waals surface area contributed by atoms with Crippen molar-refractivity contribution >= 4 is 17.3 Å². The Morgan fingerprint density at radius 1 is 1.52 bits per heavy atom. The molecule has 2 atom stereocenters. The third kappa shape index (κ3) is 3.01. The van der Waals surface area contributed by atoms with Gasteiger partial charge in [0, 0.05) is 30.9 Å². The number of hydrogen-bond acceptors (Lipinski definition) is 4. The van der Waals surface area contributed by atoms with Gasteiger partial charge in [-0.05, 0) is 25.5 Å². The number of ether oxygens (including phenoxy) is 1. The minimum absolute atomic E-state index is 0.134. The summed E-state index contributed by atoms with van der Waals surface area (Å²) in [5, 5.41) is 12.3. The van der Waals surface area contributed by atoms with Crippen molar-refractivity contribution < 1.29 is 19.0 Å². The topological polar surface area (TPSA) is 61.8 Å². The van der Waals surface area contributed by atoms with Gasteiger partial charge in [0.05, 0.1) is 12.3 Å². The highest BCUT2D eigenvalue weighted by Crippen LogP contribution is 2.36. The lowest BCUT2D eigenvalue weighted by Gasteiger charge is -2.31. The molecule has 0 radical (unpaired) electrons. The lowest BCUT2D eigenvalue weighted by Crippen LogP contribution is -2.36. The first-order chi connectivity index (χ1) is 9.99. The van der Waals surface area contributed by atoms with Crippen LogP contribution in [0.25, 0.3) is 0 Å². The molecule has 0 bridgehead atoms. The number of carbonyl (C=O) groups excluding carboxylic acids is 1. The first-order valence-electron chi connectivity index (χ1n) is 7.07. The first-order valence-corrected chi connectivity index (χ1v) is 7.07. The highest BCUT2D eigenvalue weighted by molar-refractivity contribution is 6.02. The second-order valence-corrected chi connectivity index (χ2v) is 5.23. The van der Waals surface area contributed by atoms with E-state index in [2.05, 4.69) is 5.32 Å². The number of aliphatic hydroxyl groups excluding tert-OH is 1. The lowest BCUT2D eigenvalue weighted by molar-refractivity contribution is -0.123. The quantitative estimate of drug-likeness (QED) is 0.843. The van der Waals surface area contributed by atoms with Crippen LogP contribution >= 0.6 is 0 Å². The molecule has 5 nitrogen and oxygen atoms in total. The predicted octanol–water partition coefficient (Wildman–Crippen LogP) is 2.06. The normalized spacial score (nSPS) is 18.3. The maximum atomic E-state index is 14.4. The highest BCUT2D eigenvalue weighted by atomic mass is 19.1. The summed E-state index contributed by atoms with van der Waals surface area (Å²) >= 11 is 0. The van der Waals surface area contributed by atoms with E-state index in [9.17, 15) is 14.3 Å². The molecule has 1 aliphatic rings. The van der Waals surface area contributed by atoms with E-state index in [-0.39, 0.29) is 11.6 Å². The maximum absolute atomic E-state index is 14.4. The number of methoxy groups -OCH3 is 1. The van der Waals surface area contributed by atoms with Crippen LogP contribution in [-0.2, 0) is 9.53 Å². The Kier molecular flexibility index (Phi) is 4.80. The third-order valence-corrected chi connectivity index (χ3v) is 3.89. The summed E-state index contributed by atoms with van der Waals surface area (Å²) in [6.07, 6.45) is -0.436. The molecule has 2 N–H and O–H groups in total.